The molecule has 1 aromatic carbocycles. The molecule has 2 aromatic heterocycles. The number of pyridine rings is 2. The molecule has 3 aromatic rings. The smallest absolute Gasteiger partial charge is 0.252 e. The first-order chi connectivity index (χ1) is 19.6. The molecule has 0 radical (unpaired) electrons. The Balaban J connectivity index is 1.61. The molecule has 0 spiro atoms. The van der Waals surface area contributed by atoms with Gasteiger partial charge in [0.1, 0.15) is 23.7 Å². The van der Waals surface area contributed by atoms with Gasteiger partial charge in [0.25, 0.3) is 11.8 Å². The van der Waals surface area contributed by atoms with Gasteiger partial charge in [-0.05, 0) is 24.6 Å². The van der Waals surface area contributed by atoms with Crippen LogP contribution in [0.3, 0.4) is 0 Å². The number of rotatable bonds is 7. The number of aromatic nitrogens is 2. The molecule has 2 atom stereocenters. The van der Waals surface area contributed by atoms with E-state index in [4.69, 9.17) is 18.2 Å². The highest BCUT2D eigenvalue weighted by molar-refractivity contribution is 6.31. The van der Waals surface area contributed by atoms with Gasteiger partial charge in [0.05, 0.1) is 24.7 Å². The second-order valence-corrected chi connectivity index (χ2v) is 10.2. The fourth-order valence-electron chi connectivity index (χ4n) is 5.05. The van der Waals surface area contributed by atoms with Crippen LogP contribution < -0.4 is 15.1 Å². The number of anilines is 2. The Kier molecular flexibility index (Phi) is 7.64. The summed E-state index contributed by atoms with van der Waals surface area (Å²) >= 11 is 6.47. The monoisotopic (exact) mass is 582 g/mol. The van der Waals surface area contributed by atoms with E-state index in [1.54, 1.807) is 12.1 Å². The number of halogens is 4. The normalized spacial score (nSPS) is 18.8. The standard InChI is InChI=1S/C28H22ClF3N6O3/c1-33-17-8-9-35-23(11-17)38-22(6-7-24(38)39)27(41)37(19-10-16(30)14-34-15-19)25(20-4-2-3-5-21(20)29)26(40)36-18-12-28(31,32)13-18/h2-5,8-11,14-15,18,22,25H,6-7,12-13H2,(H,36,40)/t22-,25+/m0/s1. The van der Waals surface area contributed by atoms with E-state index >= 15 is 0 Å². The van der Waals surface area contributed by atoms with Crippen LogP contribution in [0.5, 0.6) is 0 Å². The van der Waals surface area contributed by atoms with Crippen LogP contribution in [0.4, 0.5) is 30.4 Å². The highest BCUT2D eigenvalue weighted by Gasteiger charge is 2.48. The van der Waals surface area contributed by atoms with Gasteiger partial charge >= 0.3 is 0 Å². The van der Waals surface area contributed by atoms with Gasteiger partial charge in [-0.1, -0.05) is 29.8 Å². The molecule has 41 heavy (non-hydrogen) atoms. The van der Waals surface area contributed by atoms with Crippen LogP contribution in [0.1, 0.15) is 37.3 Å². The molecule has 2 aliphatic rings. The van der Waals surface area contributed by atoms with Crippen LogP contribution in [0.15, 0.2) is 61.1 Å². The highest BCUT2D eigenvalue weighted by atomic mass is 35.5. The van der Waals surface area contributed by atoms with E-state index in [-0.39, 0.29) is 40.6 Å². The number of alkyl halides is 2. The van der Waals surface area contributed by atoms with Crippen molar-refractivity contribution in [3.8, 4) is 0 Å². The van der Waals surface area contributed by atoms with Crippen molar-refractivity contribution in [3.05, 3.63) is 88.9 Å². The van der Waals surface area contributed by atoms with Crippen LogP contribution in [-0.2, 0) is 14.4 Å². The average molecular weight is 583 g/mol. The Morgan fingerprint density at radius 1 is 1.20 bits per heavy atom. The summed E-state index contributed by atoms with van der Waals surface area (Å²) in [5.41, 5.74) is 0.230. The molecule has 9 nitrogen and oxygen atoms in total. The quantitative estimate of drug-likeness (QED) is 0.395. The van der Waals surface area contributed by atoms with E-state index < -0.39 is 60.4 Å². The maximum absolute atomic E-state index is 14.4. The van der Waals surface area contributed by atoms with Crippen molar-refractivity contribution in [2.45, 2.75) is 49.7 Å². The minimum Gasteiger partial charge on any atom is -0.351 e. The molecule has 1 saturated heterocycles. The third kappa shape index (κ3) is 5.71. The number of hydrogen-bond acceptors (Lipinski definition) is 5. The van der Waals surface area contributed by atoms with Crippen molar-refractivity contribution in [3.63, 3.8) is 0 Å². The van der Waals surface area contributed by atoms with Crippen molar-refractivity contribution >= 4 is 46.5 Å². The lowest BCUT2D eigenvalue weighted by Crippen LogP contribution is -2.56. The van der Waals surface area contributed by atoms with Crippen LogP contribution in [0, 0.1) is 12.4 Å². The van der Waals surface area contributed by atoms with Gasteiger partial charge in [0.2, 0.25) is 11.8 Å². The molecule has 0 unspecified atom stereocenters. The Hall–Kier alpha value is -4.50. The lowest BCUT2D eigenvalue weighted by Gasteiger charge is -2.39. The van der Waals surface area contributed by atoms with Gasteiger partial charge < -0.3 is 5.32 Å². The number of carbonyl (C=O) groups is 3. The second-order valence-electron chi connectivity index (χ2n) is 9.77. The molecule has 5 rings (SSSR count). The SMILES string of the molecule is [C-]#[N+]c1ccnc(N2C(=O)CC[C@H]2C(=O)N(c2cncc(F)c2)[C@@H](C(=O)NC2CC(F)(F)C2)c2ccccc2Cl)c1. The lowest BCUT2D eigenvalue weighted by molar-refractivity contribution is -0.133. The Bertz CT molecular complexity index is 1560. The van der Waals surface area contributed by atoms with Crippen molar-refractivity contribution in [2.75, 3.05) is 9.80 Å². The molecule has 2 fully saturated rings. The van der Waals surface area contributed by atoms with Crippen molar-refractivity contribution in [1.29, 1.82) is 0 Å². The molecule has 0 bridgehead atoms. The second kappa shape index (κ2) is 11.2. The number of carbonyl (C=O) groups excluding carboxylic acids is 3. The van der Waals surface area contributed by atoms with Crippen LogP contribution >= 0.6 is 11.6 Å². The maximum Gasteiger partial charge on any atom is 0.252 e. The van der Waals surface area contributed by atoms with E-state index in [1.165, 1.54) is 36.7 Å². The van der Waals surface area contributed by atoms with E-state index in [0.717, 1.165) is 22.1 Å². The molecule has 1 saturated carbocycles. The summed E-state index contributed by atoms with van der Waals surface area (Å²) in [7, 11) is 0. The van der Waals surface area contributed by atoms with Crippen molar-refractivity contribution in [1.82, 2.24) is 15.3 Å². The highest BCUT2D eigenvalue weighted by Crippen LogP contribution is 2.40. The van der Waals surface area contributed by atoms with Crippen LogP contribution in [0.2, 0.25) is 5.02 Å². The number of hydrogen-bond donors (Lipinski definition) is 1. The zero-order chi connectivity index (χ0) is 29.3. The minimum atomic E-state index is -2.92. The predicted octanol–water partition coefficient (Wildman–Crippen LogP) is 5.00. The summed E-state index contributed by atoms with van der Waals surface area (Å²) in [5.74, 6) is -5.70. The summed E-state index contributed by atoms with van der Waals surface area (Å²) in [5, 5.41) is 2.66. The Labute approximate surface area is 237 Å². The molecule has 1 aliphatic heterocycles. The number of nitrogens with one attached hydrogen (secondary N) is 1. The summed E-state index contributed by atoms with van der Waals surface area (Å²) in [6.45, 7) is 7.29. The third-order valence-electron chi connectivity index (χ3n) is 6.95. The molecule has 13 heteroatoms. The van der Waals surface area contributed by atoms with Gasteiger partial charge in [0, 0.05) is 48.2 Å². The van der Waals surface area contributed by atoms with E-state index in [2.05, 4.69) is 20.1 Å². The molecular formula is C28H22ClF3N6O3. The van der Waals surface area contributed by atoms with Crippen molar-refractivity contribution < 1.29 is 27.6 Å². The van der Waals surface area contributed by atoms with Gasteiger partial charge in [-0.2, -0.15) is 0 Å². The first kappa shape index (κ1) is 28.0. The fourth-order valence-corrected chi connectivity index (χ4v) is 5.29. The lowest BCUT2D eigenvalue weighted by atomic mass is 9.87. The number of benzene rings is 1. The van der Waals surface area contributed by atoms with Crippen LogP contribution in [-0.4, -0.2) is 45.7 Å². The van der Waals surface area contributed by atoms with Crippen LogP contribution in [0.25, 0.3) is 4.85 Å². The van der Waals surface area contributed by atoms with Gasteiger partial charge in [-0.15, -0.1) is 0 Å². The molecule has 3 heterocycles. The zero-order valence-corrected chi connectivity index (χ0v) is 22.1. The van der Waals surface area contributed by atoms with E-state index in [0.29, 0.717) is 0 Å². The fraction of sp³-hybridized carbons (Fsp3) is 0.286. The van der Waals surface area contributed by atoms with Gasteiger partial charge in [-0.3, -0.25) is 29.2 Å². The zero-order valence-electron chi connectivity index (χ0n) is 21.3. The largest absolute Gasteiger partial charge is 0.351 e. The summed E-state index contributed by atoms with van der Waals surface area (Å²) < 4.78 is 41.6. The first-order valence-corrected chi connectivity index (χ1v) is 13.0. The first-order valence-electron chi connectivity index (χ1n) is 12.6. The Morgan fingerprint density at radius 3 is 2.63 bits per heavy atom. The minimum absolute atomic E-state index is 0.0321. The van der Waals surface area contributed by atoms with Crippen molar-refractivity contribution in [2.24, 2.45) is 0 Å². The molecule has 1 aliphatic carbocycles. The summed E-state index contributed by atoms with van der Waals surface area (Å²) in [4.78, 5) is 54.6. The maximum atomic E-state index is 14.4. The molecular weight excluding hydrogens is 561 g/mol. The number of amides is 3. The van der Waals surface area contributed by atoms with Gasteiger partial charge in [-0.25, -0.2) is 23.0 Å². The van der Waals surface area contributed by atoms with Gasteiger partial charge in [0.15, 0.2) is 5.69 Å². The number of nitrogens with zero attached hydrogens (tertiary/aromatic N) is 5. The predicted molar refractivity (Wildman–Crippen MR) is 143 cm³/mol. The summed E-state index contributed by atoms with van der Waals surface area (Å²) in [6.07, 6.45) is 2.28. The van der Waals surface area contributed by atoms with E-state index in [1.807, 2.05) is 0 Å². The summed E-state index contributed by atoms with van der Waals surface area (Å²) in [6, 6.07) is 6.40. The molecule has 210 valence electrons. The topological polar surface area (TPSA) is 99.9 Å². The Morgan fingerprint density at radius 2 is 1.95 bits per heavy atom. The molecule has 1 N–H and O–H groups in total. The molecule has 3 amide bonds. The van der Waals surface area contributed by atoms with E-state index in [9.17, 15) is 27.6 Å². The average Bonchev–Trinajstić information content (AvgIpc) is 3.32. The third-order valence-corrected chi connectivity index (χ3v) is 7.30.